The molecule has 1 fully saturated rings. The summed E-state index contributed by atoms with van der Waals surface area (Å²) >= 11 is 0. The number of aromatic nitrogens is 1. The van der Waals surface area contributed by atoms with Crippen LogP contribution in [0.1, 0.15) is 29.6 Å². The van der Waals surface area contributed by atoms with E-state index in [0.29, 0.717) is 24.5 Å². The molecule has 7 heteroatoms. The van der Waals surface area contributed by atoms with E-state index in [0.717, 1.165) is 17.7 Å². The number of likely N-dealkylation sites (N-methyl/N-ethyl adjacent to an activating group) is 1. The summed E-state index contributed by atoms with van der Waals surface area (Å²) in [7, 11) is 0.414. The highest BCUT2D eigenvalue weighted by atomic mass is 32.2. The van der Waals surface area contributed by atoms with Crippen molar-refractivity contribution >= 4 is 10.0 Å². The van der Waals surface area contributed by atoms with E-state index in [4.69, 9.17) is 0 Å². The lowest BCUT2D eigenvalue weighted by molar-refractivity contribution is 0.122. The Labute approximate surface area is 166 Å². The van der Waals surface area contributed by atoms with Gasteiger partial charge in [0.2, 0.25) is 10.0 Å². The number of nitrogens with zero attached hydrogens (tertiary/aromatic N) is 3. The molecule has 2 aromatic rings. The van der Waals surface area contributed by atoms with Gasteiger partial charge in [-0.15, -0.1) is 0 Å². The SMILES string of the molecule is Cc1ccccc1S(=O)(=O)N1C[C@H]2C[C@@H](C1)[C@H](CN(C)C)n1c2cccc1=O. The number of piperidine rings is 1. The first-order chi connectivity index (χ1) is 13.3. The summed E-state index contributed by atoms with van der Waals surface area (Å²) in [4.78, 5) is 15.1. The zero-order valence-corrected chi connectivity index (χ0v) is 17.4. The van der Waals surface area contributed by atoms with Gasteiger partial charge in [-0.2, -0.15) is 4.31 Å². The zero-order valence-electron chi connectivity index (χ0n) is 16.6. The lowest BCUT2D eigenvalue weighted by Gasteiger charge is -2.47. The molecular formula is C21H27N3O3S. The van der Waals surface area contributed by atoms with Crippen LogP contribution in [0.2, 0.25) is 0 Å². The summed E-state index contributed by atoms with van der Waals surface area (Å²) in [6.07, 6.45) is 0.918. The molecule has 0 aliphatic carbocycles. The largest absolute Gasteiger partial charge is 0.308 e. The van der Waals surface area contributed by atoms with Gasteiger partial charge in [-0.05, 0) is 51.1 Å². The first-order valence-corrected chi connectivity index (χ1v) is 11.1. The van der Waals surface area contributed by atoms with Gasteiger partial charge in [0.1, 0.15) is 0 Å². The fraction of sp³-hybridized carbons (Fsp3) is 0.476. The topological polar surface area (TPSA) is 62.6 Å². The van der Waals surface area contributed by atoms with Crippen LogP contribution in [0, 0.1) is 12.8 Å². The van der Waals surface area contributed by atoms with E-state index in [9.17, 15) is 13.2 Å². The average Bonchev–Trinajstić information content (AvgIpc) is 2.65. The van der Waals surface area contributed by atoms with E-state index >= 15 is 0 Å². The van der Waals surface area contributed by atoms with Crippen molar-refractivity contribution in [2.75, 3.05) is 33.7 Å². The summed E-state index contributed by atoms with van der Waals surface area (Å²) in [6, 6.07) is 12.5. The molecule has 0 spiro atoms. The minimum Gasteiger partial charge on any atom is -0.308 e. The minimum atomic E-state index is -3.57. The number of rotatable bonds is 4. The van der Waals surface area contributed by atoms with Crippen molar-refractivity contribution < 1.29 is 8.42 Å². The van der Waals surface area contributed by atoms with Crippen molar-refractivity contribution in [2.24, 2.45) is 5.92 Å². The van der Waals surface area contributed by atoms with Crippen molar-refractivity contribution in [1.82, 2.24) is 13.8 Å². The van der Waals surface area contributed by atoms with Gasteiger partial charge in [-0.1, -0.05) is 24.3 Å². The Morgan fingerprint density at radius 3 is 2.54 bits per heavy atom. The molecule has 3 heterocycles. The van der Waals surface area contributed by atoms with E-state index < -0.39 is 10.0 Å². The monoisotopic (exact) mass is 401 g/mol. The molecule has 150 valence electrons. The molecule has 0 N–H and O–H groups in total. The van der Waals surface area contributed by atoms with Crippen LogP contribution >= 0.6 is 0 Å². The summed E-state index contributed by atoms with van der Waals surface area (Å²) < 4.78 is 30.3. The fourth-order valence-corrected chi connectivity index (χ4v) is 6.56. The molecule has 0 saturated carbocycles. The maximum atomic E-state index is 13.4. The second kappa shape index (κ2) is 7.13. The first-order valence-electron chi connectivity index (χ1n) is 9.71. The first kappa shape index (κ1) is 19.4. The maximum Gasteiger partial charge on any atom is 0.251 e. The summed E-state index contributed by atoms with van der Waals surface area (Å²) in [5, 5.41) is 0. The molecule has 2 bridgehead atoms. The molecule has 2 aliphatic rings. The number of pyridine rings is 1. The molecule has 3 atom stereocenters. The molecular weight excluding hydrogens is 374 g/mol. The molecule has 28 heavy (non-hydrogen) atoms. The number of hydrogen-bond acceptors (Lipinski definition) is 4. The van der Waals surface area contributed by atoms with E-state index in [-0.39, 0.29) is 23.4 Å². The predicted molar refractivity (Wildman–Crippen MR) is 109 cm³/mol. The number of fused-ring (bicyclic) bond motifs is 4. The molecule has 0 radical (unpaired) electrons. The Kier molecular flexibility index (Phi) is 4.93. The predicted octanol–water partition coefficient (Wildman–Crippen LogP) is 2.07. The van der Waals surface area contributed by atoms with Crippen LogP contribution in [-0.2, 0) is 10.0 Å². The lowest BCUT2D eigenvalue weighted by Crippen LogP contribution is -2.52. The highest BCUT2D eigenvalue weighted by molar-refractivity contribution is 7.89. The molecule has 1 saturated heterocycles. The van der Waals surface area contributed by atoms with Gasteiger partial charge in [0.15, 0.2) is 0 Å². The highest BCUT2D eigenvalue weighted by Gasteiger charge is 2.44. The van der Waals surface area contributed by atoms with Crippen LogP contribution in [-0.4, -0.2) is 55.9 Å². The third-order valence-electron chi connectivity index (χ3n) is 6.03. The number of aryl methyl sites for hydroxylation is 1. The van der Waals surface area contributed by atoms with Crippen LogP contribution in [0.25, 0.3) is 0 Å². The Balaban J connectivity index is 1.77. The second-order valence-corrected chi connectivity index (χ2v) is 10.2. The summed E-state index contributed by atoms with van der Waals surface area (Å²) in [6.45, 7) is 3.42. The highest BCUT2D eigenvalue weighted by Crippen LogP contribution is 2.42. The normalized spacial score (nSPS) is 24.9. The lowest BCUT2D eigenvalue weighted by atomic mass is 9.79. The maximum absolute atomic E-state index is 13.4. The van der Waals surface area contributed by atoms with E-state index in [1.54, 1.807) is 28.6 Å². The van der Waals surface area contributed by atoms with Gasteiger partial charge < -0.3 is 9.47 Å². The Morgan fingerprint density at radius 2 is 1.82 bits per heavy atom. The van der Waals surface area contributed by atoms with Gasteiger partial charge in [0, 0.05) is 37.3 Å². The molecule has 1 aromatic carbocycles. The van der Waals surface area contributed by atoms with Crippen LogP contribution in [0.15, 0.2) is 52.2 Å². The van der Waals surface area contributed by atoms with Crippen molar-refractivity contribution in [2.45, 2.75) is 30.2 Å². The van der Waals surface area contributed by atoms with Crippen molar-refractivity contribution in [3.63, 3.8) is 0 Å². The smallest absolute Gasteiger partial charge is 0.251 e. The zero-order chi connectivity index (χ0) is 20.1. The third kappa shape index (κ3) is 3.21. The third-order valence-corrected chi connectivity index (χ3v) is 8.02. The summed E-state index contributed by atoms with van der Waals surface area (Å²) in [5.41, 5.74) is 1.73. The van der Waals surface area contributed by atoms with Gasteiger partial charge >= 0.3 is 0 Å². The van der Waals surface area contributed by atoms with Gasteiger partial charge in [0.25, 0.3) is 5.56 Å². The second-order valence-electron chi connectivity index (χ2n) is 8.27. The quantitative estimate of drug-likeness (QED) is 0.787. The Bertz CT molecular complexity index is 1040. The van der Waals surface area contributed by atoms with Crippen LogP contribution in [0.3, 0.4) is 0 Å². The summed E-state index contributed by atoms with van der Waals surface area (Å²) in [5.74, 6) is 0.164. The van der Waals surface area contributed by atoms with Crippen LogP contribution in [0.5, 0.6) is 0 Å². The molecule has 2 aliphatic heterocycles. The van der Waals surface area contributed by atoms with Crippen molar-refractivity contribution in [1.29, 1.82) is 0 Å². The van der Waals surface area contributed by atoms with Gasteiger partial charge in [0.05, 0.1) is 10.9 Å². The van der Waals surface area contributed by atoms with E-state index in [2.05, 4.69) is 4.90 Å². The van der Waals surface area contributed by atoms with Crippen molar-refractivity contribution in [3.8, 4) is 0 Å². The Morgan fingerprint density at radius 1 is 1.07 bits per heavy atom. The minimum absolute atomic E-state index is 0.00857. The molecule has 1 aromatic heterocycles. The van der Waals surface area contributed by atoms with Crippen molar-refractivity contribution in [3.05, 3.63) is 64.1 Å². The fourth-order valence-electron chi connectivity index (χ4n) is 4.79. The number of sulfonamides is 1. The van der Waals surface area contributed by atoms with E-state index in [1.807, 2.05) is 43.8 Å². The molecule has 6 nitrogen and oxygen atoms in total. The van der Waals surface area contributed by atoms with Gasteiger partial charge in [-0.3, -0.25) is 4.79 Å². The Hall–Kier alpha value is -1.96. The van der Waals surface area contributed by atoms with Gasteiger partial charge in [-0.25, -0.2) is 8.42 Å². The molecule has 0 amide bonds. The van der Waals surface area contributed by atoms with Crippen LogP contribution < -0.4 is 5.56 Å². The number of benzene rings is 1. The molecule has 4 rings (SSSR count). The van der Waals surface area contributed by atoms with Crippen LogP contribution in [0.4, 0.5) is 0 Å². The standard InChI is InChI=1S/C21H27N3O3S/c1-15-7-4-5-9-20(15)28(26,27)23-12-16-11-17(13-23)19(14-22(2)3)24-18(16)8-6-10-21(24)25/h4-10,16-17,19H,11-14H2,1-3H3/t16-,17+,19+/m1/s1. The number of hydrogen-bond donors (Lipinski definition) is 0. The average molecular weight is 402 g/mol. The molecule has 0 unspecified atom stereocenters. The van der Waals surface area contributed by atoms with E-state index in [1.165, 1.54) is 0 Å².